The molecular weight excluding hydrogens is 196 g/mol. The molecule has 0 atom stereocenters. The predicted molar refractivity (Wildman–Crippen MR) is 68.1 cm³/mol. The summed E-state index contributed by atoms with van der Waals surface area (Å²) < 4.78 is 0. The van der Waals surface area contributed by atoms with E-state index in [4.69, 9.17) is 0 Å². The molecule has 0 aliphatic rings. The van der Waals surface area contributed by atoms with Crippen molar-refractivity contribution in [2.24, 2.45) is 0 Å². The van der Waals surface area contributed by atoms with E-state index >= 15 is 0 Å². The van der Waals surface area contributed by atoms with Gasteiger partial charge in [-0.25, -0.2) is 0 Å². The van der Waals surface area contributed by atoms with E-state index in [9.17, 15) is 5.11 Å². The van der Waals surface area contributed by atoms with Crippen molar-refractivity contribution >= 4 is 0 Å². The summed E-state index contributed by atoms with van der Waals surface area (Å²) in [5.74, 6) is 5.74. The van der Waals surface area contributed by atoms with Gasteiger partial charge in [-0.1, -0.05) is 36.1 Å². The van der Waals surface area contributed by atoms with Gasteiger partial charge in [-0.3, -0.25) is 0 Å². The SMILES string of the molecule is CC=CCc1ccc(C#CC(C)(C)O)cc1. The van der Waals surface area contributed by atoms with Crippen LogP contribution in [0.2, 0.25) is 0 Å². The number of rotatable bonds is 2. The summed E-state index contributed by atoms with van der Waals surface area (Å²) in [6, 6.07) is 8.10. The molecule has 0 radical (unpaired) electrons. The third-order valence-corrected chi connectivity index (χ3v) is 2.06. The molecule has 0 aromatic heterocycles. The van der Waals surface area contributed by atoms with Crippen LogP contribution in [0.4, 0.5) is 0 Å². The average molecular weight is 214 g/mol. The van der Waals surface area contributed by atoms with Crippen LogP contribution in [0.5, 0.6) is 0 Å². The lowest BCUT2D eigenvalue weighted by Gasteiger charge is -2.05. The molecule has 1 aromatic carbocycles. The molecule has 0 heterocycles. The van der Waals surface area contributed by atoms with Gasteiger partial charge < -0.3 is 5.11 Å². The minimum atomic E-state index is -0.927. The summed E-state index contributed by atoms with van der Waals surface area (Å²) >= 11 is 0. The van der Waals surface area contributed by atoms with Crippen LogP contribution in [0.1, 0.15) is 31.9 Å². The zero-order valence-corrected chi connectivity index (χ0v) is 10.1. The van der Waals surface area contributed by atoms with Gasteiger partial charge in [0.25, 0.3) is 0 Å². The van der Waals surface area contributed by atoms with E-state index < -0.39 is 5.60 Å². The van der Waals surface area contributed by atoms with Crippen LogP contribution >= 0.6 is 0 Å². The average Bonchev–Trinajstić information content (AvgIpc) is 2.24. The van der Waals surface area contributed by atoms with Crippen LogP contribution in [0.25, 0.3) is 0 Å². The predicted octanol–water partition coefficient (Wildman–Crippen LogP) is 2.93. The number of benzene rings is 1. The van der Waals surface area contributed by atoms with E-state index in [1.54, 1.807) is 13.8 Å². The van der Waals surface area contributed by atoms with Crippen LogP contribution in [-0.4, -0.2) is 10.7 Å². The first kappa shape index (κ1) is 12.5. The molecule has 0 spiro atoms. The van der Waals surface area contributed by atoms with E-state index in [-0.39, 0.29) is 0 Å². The maximum absolute atomic E-state index is 9.47. The molecule has 0 aliphatic heterocycles. The Morgan fingerprint density at radius 2 is 1.88 bits per heavy atom. The highest BCUT2D eigenvalue weighted by molar-refractivity contribution is 5.37. The topological polar surface area (TPSA) is 20.2 Å². The summed E-state index contributed by atoms with van der Waals surface area (Å²) in [5.41, 5.74) is 1.28. The Morgan fingerprint density at radius 1 is 1.25 bits per heavy atom. The number of allylic oxidation sites excluding steroid dienone is 2. The summed E-state index contributed by atoms with van der Waals surface area (Å²) in [5, 5.41) is 9.47. The number of aliphatic hydroxyl groups is 1. The number of hydrogen-bond acceptors (Lipinski definition) is 1. The molecular formula is C15H18O. The van der Waals surface area contributed by atoms with Crippen molar-refractivity contribution in [2.45, 2.75) is 32.8 Å². The smallest absolute Gasteiger partial charge is 0.120 e. The van der Waals surface area contributed by atoms with Crippen LogP contribution in [0, 0.1) is 11.8 Å². The maximum atomic E-state index is 9.47. The summed E-state index contributed by atoms with van der Waals surface area (Å²) in [7, 11) is 0. The van der Waals surface area contributed by atoms with Crippen molar-refractivity contribution in [3.05, 3.63) is 47.5 Å². The summed E-state index contributed by atoms with van der Waals surface area (Å²) in [4.78, 5) is 0. The second-order valence-corrected chi connectivity index (χ2v) is 4.28. The van der Waals surface area contributed by atoms with Gasteiger partial charge in [0.15, 0.2) is 0 Å². The molecule has 0 bridgehead atoms. The monoisotopic (exact) mass is 214 g/mol. The van der Waals surface area contributed by atoms with E-state index in [0.29, 0.717) is 0 Å². The Hall–Kier alpha value is -1.52. The van der Waals surface area contributed by atoms with Crippen molar-refractivity contribution < 1.29 is 5.11 Å². The molecule has 0 aliphatic carbocycles. The van der Waals surface area contributed by atoms with Crippen LogP contribution in [-0.2, 0) is 6.42 Å². The van der Waals surface area contributed by atoms with Crippen LogP contribution in [0.3, 0.4) is 0 Å². The number of hydrogen-bond donors (Lipinski definition) is 1. The minimum Gasteiger partial charge on any atom is -0.378 e. The van der Waals surface area contributed by atoms with Crippen molar-refractivity contribution in [3.63, 3.8) is 0 Å². The second kappa shape index (κ2) is 5.53. The molecule has 1 heteroatoms. The fourth-order valence-corrected chi connectivity index (χ4v) is 1.20. The second-order valence-electron chi connectivity index (χ2n) is 4.28. The summed E-state index contributed by atoms with van der Waals surface area (Å²) in [6.45, 7) is 5.38. The molecule has 0 saturated heterocycles. The van der Waals surface area contributed by atoms with Gasteiger partial charge in [-0.15, -0.1) is 0 Å². The molecule has 1 N–H and O–H groups in total. The molecule has 1 aromatic rings. The van der Waals surface area contributed by atoms with E-state index in [2.05, 4.69) is 30.0 Å². The van der Waals surface area contributed by atoms with Gasteiger partial charge in [0.05, 0.1) is 0 Å². The fourth-order valence-electron chi connectivity index (χ4n) is 1.20. The largest absolute Gasteiger partial charge is 0.378 e. The maximum Gasteiger partial charge on any atom is 0.120 e. The highest BCUT2D eigenvalue weighted by atomic mass is 16.3. The zero-order valence-electron chi connectivity index (χ0n) is 10.1. The van der Waals surface area contributed by atoms with E-state index in [0.717, 1.165) is 12.0 Å². The first-order valence-electron chi connectivity index (χ1n) is 5.47. The highest BCUT2D eigenvalue weighted by Gasteiger charge is 2.05. The molecule has 0 unspecified atom stereocenters. The van der Waals surface area contributed by atoms with Gasteiger partial charge in [0, 0.05) is 5.56 Å². The van der Waals surface area contributed by atoms with Gasteiger partial charge in [-0.2, -0.15) is 0 Å². The lowest BCUT2D eigenvalue weighted by molar-refractivity contribution is 0.143. The van der Waals surface area contributed by atoms with E-state index in [1.807, 2.05) is 25.1 Å². The Morgan fingerprint density at radius 3 is 2.38 bits per heavy atom. The Balaban J connectivity index is 2.74. The standard InChI is InChI=1S/C15H18O/c1-4-5-6-13-7-9-14(10-8-13)11-12-15(2,3)16/h4-5,7-10,16H,6H2,1-3H3. The van der Waals surface area contributed by atoms with Crippen molar-refractivity contribution in [1.29, 1.82) is 0 Å². The van der Waals surface area contributed by atoms with Crippen LogP contribution in [0.15, 0.2) is 36.4 Å². The van der Waals surface area contributed by atoms with Crippen LogP contribution < -0.4 is 0 Å². The summed E-state index contributed by atoms with van der Waals surface area (Å²) in [6.07, 6.45) is 5.12. The molecule has 0 saturated carbocycles. The molecule has 84 valence electrons. The molecule has 0 amide bonds. The first-order chi connectivity index (χ1) is 7.51. The third-order valence-electron chi connectivity index (χ3n) is 2.06. The highest BCUT2D eigenvalue weighted by Crippen LogP contribution is 2.05. The van der Waals surface area contributed by atoms with Gasteiger partial charge in [0.2, 0.25) is 0 Å². The minimum absolute atomic E-state index is 0.927. The van der Waals surface area contributed by atoms with Crippen molar-refractivity contribution in [3.8, 4) is 11.8 Å². The molecule has 1 nitrogen and oxygen atoms in total. The van der Waals surface area contributed by atoms with Gasteiger partial charge >= 0.3 is 0 Å². The Labute approximate surface area is 97.8 Å². The zero-order chi connectivity index (χ0) is 12.0. The quantitative estimate of drug-likeness (QED) is 0.593. The Kier molecular flexibility index (Phi) is 4.34. The molecule has 16 heavy (non-hydrogen) atoms. The van der Waals surface area contributed by atoms with Crippen molar-refractivity contribution in [2.75, 3.05) is 0 Å². The lowest BCUT2D eigenvalue weighted by Crippen LogP contribution is -2.14. The van der Waals surface area contributed by atoms with Crippen molar-refractivity contribution in [1.82, 2.24) is 0 Å². The van der Waals surface area contributed by atoms with E-state index in [1.165, 1.54) is 5.56 Å². The van der Waals surface area contributed by atoms with Gasteiger partial charge in [-0.05, 0) is 44.9 Å². The first-order valence-corrected chi connectivity index (χ1v) is 5.47. The normalized spacial score (nSPS) is 11.2. The molecule has 1 rings (SSSR count). The lowest BCUT2D eigenvalue weighted by atomic mass is 10.1. The fraction of sp³-hybridized carbons (Fsp3) is 0.333. The van der Waals surface area contributed by atoms with Gasteiger partial charge in [0.1, 0.15) is 5.60 Å². The third kappa shape index (κ3) is 4.82. The Bertz CT molecular complexity index is 407. The molecule has 0 fully saturated rings.